The molecule has 0 rings (SSSR count). The minimum Gasteiger partial charge on any atom is -0.0206 e. The Morgan fingerprint density at radius 1 is 1.50 bits per heavy atom. The highest BCUT2D eigenvalue weighted by atomic mass is 79.9. The van der Waals surface area contributed by atoms with Gasteiger partial charge in [0.1, 0.15) is 5.92 Å². The second kappa shape index (κ2) is 2.51. The van der Waals surface area contributed by atoms with Crippen molar-refractivity contribution in [2.45, 2.75) is 20.8 Å². The molecule has 0 aliphatic heterocycles. The summed E-state index contributed by atoms with van der Waals surface area (Å²) in [7, 11) is 0. The van der Waals surface area contributed by atoms with Crippen molar-refractivity contribution in [2.75, 3.05) is 0 Å². The molecule has 0 aliphatic carbocycles. The predicted octanol–water partition coefficient (Wildman–Crippen LogP) is 2.59. The van der Waals surface area contributed by atoms with E-state index in [1.807, 2.05) is 0 Å². The van der Waals surface area contributed by atoms with Gasteiger partial charge in [-0.25, -0.2) is 0 Å². The topological polar surface area (TPSA) is 0 Å². The normalized spacial score (nSPS) is 9.50. The Bertz CT molecular complexity index is 24.9. The smallest absolute Gasteiger partial charge is 0.0206 e. The van der Waals surface area contributed by atoms with Crippen molar-refractivity contribution in [3.05, 3.63) is 4.83 Å². The molecule has 36 valence electrons. The molecule has 0 bridgehead atoms. The number of hydrogen-bond donors (Lipinski definition) is 0. The van der Waals surface area contributed by atoms with E-state index in [9.17, 15) is 0 Å². The summed E-state index contributed by atoms with van der Waals surface area (Å²) in [6.07, 6.45) is 0. The zero-order valence-corrected chi connectivity index (χ0v) is 6.04. The van der Waals surface area contributed by atoms with Crippen LogP contribution in [0.2, 0.25) is 0 Å². The van der Waals surface area contributed by atoms with Crippen molar-refractivity contribution in [2.24, 2.45) is 5.92 Å². The average Bonchev–Trinajstić information content (AvgIpc) is 1.36. The Morgan fingerprint density at radius 2 is 1.67 bits per heavy atom. The summed E-state index contributed by atoms with van der Waals surface area (Å²) in [5, 5.41) is 0. The summed E-state index contributed by atoms with van der Waals surface area (Å²) < 4.78 is 0. The largest absolute Gasteiger partial charge is 0.198 e. The molecule has 0 amide bonds. The maximum atomic E-state index is 3.36. The molecule has 0 saturated heterocycles. The fourth-order valence-corrected chi connectivity index (χ4v) is 0. The third-order valence-electron chi connectivity index (χ3n) is 0.796. The van der Waals surface area contributed by atoms with E-state index in [0.29, 0.717) is 5.92 Å². The van der Waals surface area contributed by atoms with Crippen LogP contribution in [0.5, 0.6) is 0 Å². The van der Waals surface area contributed by atoms with Gasteiger partial charge in [0, 0.05) is 0 Å². The van der Waals surface area contributed by atoms with Crippen molar-refractivity contribution >= 4 is 15.9 Å². The van der Waals surface area contributed by atoms with Gasteiger partial charge < -0.3 is 0 Å². The van der Waals surface area contributed by atoms with Crippen LogP contribution in [-0.2, 0) is 0 Å². The van der Waals surface area contributed by atoms with E-state index in [0.717, 1.165) is 0 Å². The van der Waals surface area contributed by atoms with E-state index >= 15 is 0 Å². The second-order valence-corrected chi connectivity index (χ2v) is 2.99. The minimum absolute atomic E-state index is 0.685. The van der Waals surface area contributed by atoms with Crippen LogP contribution in [0.3, 0.4) is 0 Å². The minimum atomic E-state index is 0.685. The fraction of sp³-hybridized carbons (Fsp3) is 0.800. The van der Waals surface area contributed by atoms with Crippen LogP contribution in [0.25, 0.3) is 0 Å². The first-order chi connectivity index (χ1) is 2.64. The second-order valence-electron chi connectivity index (χ2n) is 1.74. The highest BCUT2D eigenvalue weighted by Crippen LogP contribution is 2.17. The lowest BCUT2D eigenvalue weighted by atomic mass is 10.2. The van der Waals surface area contributed by atoms with Crippen molar-refractivity contribution in [1.82, 2.24) is 0 Å². The summed E-state index contributed by atoms with van der Waals surface area (Å²) in [4.78, 5) is 1.32. The first kappa shape index (κ1) is 6.35. The SMILES string of the molecule is C[C+](Br)C(C)C. The van der Waals surface area contributed by atoms with Gasteiger partial charge in [-0.2, -0.15) is 0 Å². The van der Waals surface area contributed by atoms with Gasteiger partial charge in [-0.3, -0.25) is 0 Å². The van der Waals surface area contributed by atoms with E-state index in [4.69, 9.17) is 0 Å². The summed E-state index contributed by atoms with van der Waals surface area (Å²) in [5.74, 6) is 0.685. The lowest BCUT2D eigenvalue weighted by molar-refractivity contribution is 0.744. The van der Waals surface area contributed by atoms with Crippen LogP contribution in [0.4, 0.5) is 0 Å². The van der Waals surface area contributed by atoms with Crippen LogP contribution in [0, 0.1) is 10.7 Å². The molecule has 0 aromatic heterocycles. The molecule has 0 radical (unpaired) electrons. The molecular weight excluding hydrogens is 140 g/mol. The molecule has 0 saturated carbocycles. The predicted molar refractivity (Wildman–Crippen MR) is 32.7 cm³/mol. The molecule has 0 aromatic carbocycles. The van der Waals surface area contributed by atoms with Crippen LogP contribution >= 0.6 is 15.9 Å². The lowest BCUT2D eigenvalue weighted by Gasteiger charge is -1.89. The zero-order chi connectivity index (χ0) is 5.15. The van der Waals surface area contributed by atoms with Gasteiger partial charge in [0.2, 0.25) is 0 Å². The lowest BCUT2D eigenvalue weighted by Crippen LogP contribution is -1.89. The maximum absolute atomic E-state index is 3.36. The van der Waals surface area contributed by atoms with Gasteiger partial charge in [-0.1, -0.05) is 0 Å². The molecule has 0 fully saturated rings. The number of hydrogen-bond acceptors (Lipinski definition) is 0. The third kappa shape index (κ3) is 2.58. The van der Waals surface area contributed by atoms with Crippen molar-refractivity contribution in [3.8, 4) is 0 Å². The van der Waals surface area contributed by atoms with Gasteiger partial charge in [0.05, 0.1) is 6.92 Å². The van der Waals surface area contributed by atoms with Crippen LogP contribution in [0.15, 0.2) is 0 Å². The van der Waals surface area contributed by atoms with E-state index in [1.54, 1.807) is 0 Å². The number of halogens is 1. The molecule has 0 heterocycles. The quantitative estimate of drug-likeness (QED) is 0.504. The standard InChI is InChI=1S/C5H10Br/c1-4(2)5(3)6/h4H,1-3H3/q+1. The monoisotopic (exact) mass is 149 g/mol. The van der Waals surface area contributed by atoms with Gasteiger partial charge in [-0.15, -0.1) is 0 Å². The Kier molecular flexibility index (Phi) is 2.66. The van der Waals surface area contributed by atoms with E-state index in [-0.39, 0.29) is 0 Å². The Labute approximate surface area is 48.1 Å². The molecule has 0 spiro atoms. The van der Waals surface area contributed by atoms with E-state index in [1.165, 1.54) is 4.83 Å². The molecule has 0 nitrogen and oxygen atoms in total. The molecule has 0 aliphatic rings. The summed E-state index contributed by atoms with van der Waals surface area (Å²) >= 11 is 3.36. The van der Waals surface area contributed by atoms with Crippen LogP contribution < -0.4 is 0 Å². The van der Waals surface area contributed by atoms with Crippen molar-refractivity contribution < 1.29 is 0 Å². The highest BCUT2D eigenvalue weighted by Gasteiger charge is 2.12. The molecule has 1 heteroatoms. The first-order valence-corrected chi connectivity index (χ1v) is 2.93. The highest BCUT2D eigenvalue weighted by molar-refractivity contribution is 9.11. The molecular formula is C5H10Br+. The van der Waals surface area contributed by atoms with Gasteiger partial charge in [0.15, 0.2) is 20.8 Å². The Morgan fingerprint density at radius 3 is 1.67 bits per heavy atom. The summed E-state index contributed by atoms with van der Waals surface area (Å²) in [6.45, 7) is 6.39. The van der Waals surface area contributed by atoms with Crippen molar-refractivity contribution in [3.63, 3.8) is 0 Å². The molecule has 0 N–H and O–H groups in total. The van der Waals surface area contributed by atoms with Gasteiger partial charge in [-0.05, 0) is 13.8 Å². The average molecular weight is 150 g/mol. The first-order valence-electron chi connectivity index (χ1n) is 2.13. The zero-order valence-electron chi connectivity index (χ0n) is 4.46. The summed E-state index contributed by atoms with van der Waals surface area (Å²) in [5.41, 5.74) is 0. The Hall–Kier alpha value is 0.350. The van der Waals surface area contributed by atoms with Gasteiger partial charge in [0.25, 0.3) is 0 Å². The molecule has 6 heavy (non-hydrogen) atoms. The molecule has 0 aromatic rings. The van der Waals surface area contributed by atoms with Crippen LogP contribution in [-0.4, -0.2) is 0 Å². The summed E-state index contributed by atoms with van der Waals surface area (Å²) in [6, 6.07) is 0. The van der Waals surface area contributed by atoms with E-state index in [2.05, 4.69) is 36.7 Å². The van der Waals surface area contributed by atoms with Gasteiger partial charge >= 0.3 is 0 Å². The maximum Gasteiger partial charge on any atom is 0.198 e. The molecule has 0 unspecified atom stereocenters. The number of rotatable bonds is 1. The fourth-order valence-electron chi connectivity index (χ4n) is 0. The molecule has 0 atom stereocenters. The third-order valence-corrected chi connectivity index (χ3v) is 1.71. The Balaban J connectivity index is 2.99. The van der Waals surface area contributed by atoms with Crippen LogP contribution in [0.1, 0.15) is 20.8 Å². The van der Waals surface area contributed by atoms with E-state index < -0.39 is 0 Å². The van der Waals surface area contributed by atoms with Crippen molar-refractivity contribution in [1.29, 1.82) is 0 Å².